The fraction of sp³-hybridized carbons (Fsp3) is 0.545. The first-order chi connectivity index (χ1) is 8.44. The summed E-state index contributed by atoms with van der Waals surface area (Å²) in [5, 5.41) is 3.18. The van der Waals surface area contributed by atoms with Crippen LogP contribution in [0.3, 0.4) is 0 Å². The molecule has 1 aromatic rings. The number of sulfonamides is 1. The van der Waals surface area contributed by atoms with Gasteiger partial charge in [0.15, 0.2) is 0 Å². The normalized spacial score (nSPS) is 11.5. The van der Waals surface area contributed by atoms with Crippen LogP contribution in [0.15, 0.2) is 16.7 Å². The van der Waals surface area contributed by atoms with Crippen LogP contribution >= 0.6 is 15.9 Å². The Kier molecular flexibility index (Phi) is 6.04. The molecule has 0 amide bonds. The second-order valence-electron chi connectivity index (χ2n) is 3.90. The zero-order chi connectivity index (χ0) is 13.6. The van der Waals surface area contributed by atoms with E-state index in [0.717, 1.165) is 22.3 Å². The zero-order valence-electron chi connectivity index (χ0n) is 10.5. The fourth-order valence-electron chi connectivity index (χ4n) is 1.35. The van der Waals surface area contributed by atoms with E-state index >= 15 is 0 Å². The molecule has 0 fully saturated rings. The summed E-state index contributed by atoms with van der Waals surface area (Å²) in [7, 11) is -3.08. The van der Waals surface area contributed by atoms with Gasteiger partial charge in [-0.15, -0.1) is 0 Å². The molecule has 0 aromatic carbocycles. The maximum absolute atomic E-state index is 11.2. The molecular weight excluding hydrogens is 318 g/mol. The number of pyridine rings is 1. The Balaban J connectivity index is 2.30. The minimum Gasteiger partial charge on any atom is -0.370 e. The van der Waals surface area contributed by atoms with Gasteiger partial charge in [0.25, 0.3) is 0 Å². The molecule has 0 saturated carbocycles. The molecule has 1 heterocycles. The van der Waals surface area contributed by atoms with E-state index < -0.39 is 10.0 Å². The number of aryl methyl sites for hydroxylation is 1. The number of anilines is 1. The molecule has 0 saturated heterocycles. The number of hydrogen-bond donors (Lipinski definition) is 2. The summed E-state index contributed by atoms with van der Waals surface area (Å²) < 4.78 is 25.8. The number of nitrogens with zero attached hydrogens (tertiary/aromatic N) is 1. The highest BCUT2D eigenvalue weighted by molar-refractivity contribution is 9.10. The van der Waals surface area contributed by atoms with Crippen molar-refractivity contribution in [2.75, 3.05) is 24.2 Å². The predicted molar refractivity (Wildman–Crippen MR) is 77.2 cm³/mol. The van der Waals surface area contributed by atoms with Gasteiger partial charge in [-0.3, -0.25) is 0 Å². The summed E-state index contributed by atoms with van der Waals surface area (Å²) in [5.41, 5.74) is 1.05. The number of hydrogen-bond acceptors (Lipinski definition) is 4. The van der Waals surface area contributed by atoms with Gasteiger partial charge in [-0.05, 0) is 47.8 Å². The van der Waals surface area contributed by atoms with Crippen LogP contribution in [0.1, 0.15) is 18.9 Å². The average Bonchev–Trinajstić information content (AvgIpc) is 2.31. The lowest BCUT2D eigenvalue weighted by atomic mass is 10.3. The summed E-state index contributed by atoms with van der Waals surface area (Å²) >= 11 is 3.35. The Morgan fingerprint density at radius 3 is 2.72 bits per heavy atom. The molecule has 0 radical (unpaired) electrons. The van der Waals surface area contributed by atoms with Gasteiger partial charge in [0.1, 0.15) is 5.82 Å². The number of halogens is 1. The van der Waals surface area contributed by atoms with Gasteiger partial charge in [-0.2, -0.15) is 0 Å². The Morgan fingerprint density at radius 1 is 1.39 bits per heavy atom. The van der Waals surface area contributed by atoms with E-state index in [0.29, 0.717) is 13.1 Å². The van der Waals surface area contributed by atoms with Crippen LogP contribution in [0.25, 0.3) is 0 Å². The molecule has 0 aliphatic carbocycles. The van der Waals surface area contributed by atoms with Crippen molar-refractivity contribution >= 4 is 31.8 Å². The highest BCUT2D eigenvalue weighted by atomic mass is 79.9. The van der Waals surface area contributed by atoms with Crippen LogP contribution in [0.2, 0.25) is 0 Å². The standard InChI is InChI=1S/C11H18BrN3O2S/c1-3-18(16,17)15-6-4-5-13-11-9(2)7-10(12)8-14-11/h7-8,15H,3-6H2,1-2H3,(H,13,14). The summed E-state index contributed by atoms with van der Waals surface area (Å²) in [4.78, 5) is 4.24. The van der Waals surface area contributed by atoms with E-state index in [1.165, 1.54) is 0 Å². The van der Waals surface area contributed by atoms with E-state index in [2.05, 4.69) is 31.0 Å². The van der Waals surface area contributed by atoms with Crippen LogP contribution in [-0.2, 0) is 10.0 Å². The van der Waals surface area contributed by atoms with Gasteiger partial charge in [0.2, 0.25) is 10.0 Å². The molecule has 18 heavy (non-hydrogen) atoms. The second-order valence-corrected chi connectivity index (χ2v) is 6.91. The van der Waals surface area contributed by atoms with E-state index in [9.17, 15) is 8.42 Å². The van der Waals surface area contributed by atoms with Crippen molar-refractivity contribution in [2.24, 2.45) is 0 Å². The van der Waals surface area contributed by atoms with Gasteiger partial charge >= 0.3 is 0 Å². The van der Waals surface area contributed by atoms with Gasteiger partial charge in [0, 0.05) is 23.8 Å². The molecule has 0 unspecified atom stereocenters. The summed E-state index contributed by atoms with van der Waals surface area (Å²) in [6, 6.07) is 1.98. The molecule has 0 aliphatic rings. The largest absolute Gasteiger partial charge is 0.370 e. The minimum atomic E-state index is -3.08. The van der Waals surface area contributed by atoms with E-state index in [1.54, 1.807) is 13.1 Å². The van der Waals surface area contributed by atoms with Crippen LogP contribution in [-0.4, -0.2) is 32.2 Å². The Labute approximate surface area is 117 Å². The topological polar surface area (TPSA) is 71.1 Å². The van der Waals surface area contributed by atoms with Crippen molar-refractivity contribution in [1.82, 2.24) is 9.71 Å². The third-order valence-corrected chi connectivity index (χ3v) is 4.23. The fourth-order valence-corrected chi connectivity index (χ4v) is 2.46. The number of rotatable bonds is 7. The second kappa shape index (κ2) is 7.06. The van der Waals surface area contributed by atoms with Crippen LogP contribution in [0.5, 0.6) is 0 Å². The molecule has 5 nitrogen and oxygen atoms in total. The first-order valence-electron chi connectivity index (χ1n) is 5.78. The van der Waals surface area contributed by atoms with Crippen molar-refractivity contribution in [3.05, 3.63) is 22.3 Å². The van der Waals surface area contributed by atoms with Gasteiger partial charge in [-0.1, -0.05) is 0 Å². The Bertz CT molecular complexity index is 491. The number of nitrogens with one attached hydrogen (secondary N) is 2. The quantitative estimate of drug-likeness (QED) is 0.746. The molecule has 102 valence electrons. The third-order valence-electron chi connectivity index (χ3n) is 2.39. The summed E-state index contributed by atoms with van der Waals surface area (Å²) in [6.45, 7) is 4.72. The van der Waals surface area contributed by atoms with Crippen LogP contribution < -0.4 is 10.0 Å². The Hall–Kier alpha value is -0.660. The maximum atomic E-state index is 11.2. The molecule has 0 atom stereocenters. The molecule has 0 bridgehead atoms. The summed E-state index contributed by atoms with van der Waals surface area (Å²) in [6.07, 6.45) is 2.45. The SMILES string of the molecule is CCS(=O)(=O)NCCCNc1ncc(Br)cc1C. The van der Waals surface area contributed by atoms with Crippen LogP contribution in [0.4, 0.5) is 5.82 Å². The molecular formula is C11H18BrN3O2S. The average molecular weight is 336 g/mol. The van der Waals surface area contributed by atoms with Gasteiger partial charge in [0.05, 0.1) is 5.75 Å². The minimum absolute atomic E-state index is 0.119. The monoisotopic (exact) mass is 335 g/mol. The van der Waals surface area contributed by atoms with Gasteiger partial charge in [-0.25, -0.2) is 18.1 Å². The van der Waals surface area contributed by atoms with Crippen molar-refractivity contribution in [3.8, 4) is 0 Å². The van der Waals surface area contributed by atoms with Crippen molar-refractivity contribution < 1.29 is 8.42 Å². The Morgan fingerprint density at radius 2 is 2.11 bits per heavy atom. The smallest absolute Gasteiger partial charge is 0.211 e. The molecule has 7 heteroatoms. The maximum Gasteiger partial charge on any atom is 0.211 e. The molecule has 0 spiro atoms. The lowest BCUT2D eigenvalue weighted by Gasteiger charge is -2.09. The zero-order valence-corrected chi connectivity index (χ0v) is 12.9. The lowest BCUT2D eigenvalue weighted by Crippen LogP contribution is -2.27. The first kappa shape index (κ1) is 15.4. The van der Waals surface area contributed by atoms with E-state index in [1.807, 2.05) is 13.0 Å². The van der Waals surface area contributed by atoms with Crippen molar-refractivity contribution in [1.29, 1.82) is 0 Å². The lowest BCUT2D eigenvalue weighted by molar-refractivity contribution is 0.581. The van der Waals surface area contributed by atoms with E-state index in [-0.39, 0.29) is 5.75 Å². The first-order valence-corrected chi connectivity index (χ1v) is 8.22. The number of aromatic nitrogens is 1. The third kappa shape index (κ3) is 5.32. The molecule has 1 rings (SSSR count). The van der Waals surface area contributed by atoms with Gasteiger partial charge < -0.3 is 5.32 Å². The van der Waals surface area contributed by atoms with E-state index in [4.69, 9.17) is 0 Å². The summed E-state index contributed by atoms with van der Waals surface area (Å²) in [5.74, 6) is 0.949. The highest BCUT2D eigenvalue weighted by Gasteiger charge is 2.04. The van der Waals surface area contributed by atoms with Crippen molar-refractivity contribution in [3.63, 3.8) is 0 Å². The predicted octanol–water partition coefficient (Wildman–Crippen LogP) is 1.89. The van der Waals surface area contributed by atoms with Crippen LogP contribution in [0, 0.1) is 6.92 Å². The molecule has 1 aromatic heterocycles. The molecule has 0 aliphatic heterocycles. The molecule has 2 N–H and O–H groups in total. The van der Waals surface area contributed by atoms with Crippen molar-refractivity contribution in [2.45, 2.75) is 20.3 Å². The highest BCUT2D eigenvalue weighted by Crippen LogP contribution is 2.16.